The number of rotatable bonds is 7. The van der Waals surface area contributed by atoms with Crippen LogP contribution in [0.5, 0.6) is 0 Å². The molecule has 0 saturated carbocycles. The van der Waals surface area contributed by atoms with E-state index in [0.717, 1.165) is 19.3 Å². The van der Waals surface area contributed by atoms with Gasteiger partial charge in [0.2, 0.25) is 0 Å². The summed E-state index contributed by atoms with van der Waals surface area (Å²) in [5.41, 5.74) is 0. The maximum Gasteiger partial charge on any atom is 0.309 e. The molecular formula is C15H23N3O5S2. The molecule has 1 fully saturated rings. The third-order valence-electron chi connectivity index (χ3n) is 4.00. The Bertz CT molecular complexity index is 675. The van der Waals surface area contributed by atoms with Crippen LogP contribution in [0.4, 0.5) is 0 Å². The maximum absolute atomic E-state index is 12.7. The number of thiophene rings is 1. The summed E-state index contributed by atoms with van der Waals surface area (Å²) in [5.74, 6) is -1.59. The number of carbonyl (C=O) groups is 2. The van der Waals surface area contributed by atoms with Crippen molar-refractivity contribution in [2.45, 2.75) is 35.9 Å². The lowest BCUT2D eigenvalue weighted by Crippen LogP contribution is -2.46. The Hall–Kier alpha value is -1.49. The van der Waals surface area contributed by atoms with Crippen LogP contribution in [0.15, 0.2) is 21.7 Å². The summed E-state index contributed by atoms with van der Waals surface area (Å²) in [6.45, 7) is 0.459. The van der Waals surface area contributed by atoms with E-state index < -0.39 is 21.8 Å². The van der Waals surface area contributed by atoms with Gasteiger partial charge in [0.1, 0.15) is 4.21 Å². The highest BCUT2D eigenvalue weighted by molar-refractivity contribution is 7.91. The lowest BCUT2D eigenvalue weighted by atomic mass is 10.0. The van der Waals surface area contributed by atoms with Crippen molar-refractivity contribution in [1.29, 1.82) is 0 Å². The van der Waals surface area contributed by atoms with Gasteiger partial charge in [-0.2, -0.15) is 4.31 Å². The van der Waals surface area contributed by atoms with Gasteiger partial charge in [-0.1, -0.05) is 12.5 Å². The summed E-state index contributed by atoms with van der Waals surface area (Å²) in [7, 11) is -3.51. The largest absolute Gasteiger partial charge is 0.395 e. The highest BCUT2D eigenvalue weighted by Gasteiger charge is 2.33. The van der Waals surface area contributed by atoms with Crippen LogP contribution < -0.4 is 10.6 Å². The molecule has 10 heteroatoms. The smallest absolute Gasteiger partial charge is 0.309 e. The Morgan fingerprint density at radius 2 is 1.96 bits per heavy atom. The van der Waals surface area contributed by atoms with Crippen LogP contribution in [0.1, 0.15) is 25.7 Å². The van der Waals surface area contributed by atoms with Crippen molar-refractivity contribution in [2.24, 2.45) is 0 Å². The van der Waals surface area contributed by atoms with Gasteiger partial charge in [-0.15, -0.1) is 11.3 Å². The van der Waals surface area contributed by atoms with Gasteiger partial charge in [0.05, 0.1) is 6.61 Å². The Labute approximate surface area is 151 Å². The Kier molecular flexibility index (Phi) is 7.36. The minimum Gasteiger partial charge on any atom is -0.395 e. The molecule has 1 aromatic rings. The molecule has 0 bridgehead atoms. The average Bonchev–Trinajstić information content (AvgIpc) is 3.15. The molecule has 0 radical (unpaired) electrons. The fraction of sp³-hybridized carbons (Fsp3) is 0.600. The summed E-state index contributed by atoms with van der Waals surface area (Å²) in [6, 6.07) is 3.11. The van der Waals surface area contributed by atoms with E-state index in [0.29, 0.717) is 17.2 Å². The van der Waals surface area contributed by atoms with Crippen LogP contribution in [0.3, 0.4) is 0 Å². The normalized spacial score (nSPS) is 18.7. The Balaban J connectivity index is 1.91. The van der Waals surface area contributed by atoms with Gasteiger partial charge in [0.25, 0.3) is 10.0 Å². The number of hydrogen-bond donors (Lipinski definition) is 3. The number of nitrogens with zero attached hydrogens (tertiary/aromatic N) is 1. The molecule has 1 saturated heterocycles. The van der Waals surface area contributed by atoms with Crippen molar-refractivity contribution < 1.29 is 23.1 Å². The zero-order chi connectivity index (χ0) is 18.3. The lowest BCUT2D eigenvalue weighted by molar-refractivity contribution is -0.139. The molecule has 0 aromatic carbocycles. The third-order valence-corrected chi connectivity index (χ3v) is 7.32. The van der Waals surface area contributed by atoms with Crippen LogP contribution in [0.2, 0.25) is 0 Å². The van der Waals surface area contributed by atoms with Crippen molar-refractivity contribution in [3.8, 4) is 0 Å². The van der Waals surface area contributed by atoms with Crippen molar-refractivity contribution in [3.63, 3.8) is 0 Å². The summed E-state index contributed by atoms with van der Waals surface area (Å²) in [5, 5.41) is 15.1. The van der Waals surface area contributed by atoms with Crippen LogP contribution >= 0.6 is 11.3 Å². The minimum atomic E-state index is -3.51. The summed E-state index contributed by atoms with van der Waals surface area (Å²) in [6.07, 6.45) is 2.93. The van der Waals surface area contributed by atoms with Crippen LogP contribution in [0, 0.1) is 0 Å². The fourth-order valence-electron chi connectivity index (χ4n) is 2.79. The number of hydrogen-bond acceptors (Lipinski definition) is 6. The van der Waals surface area contributed by atoms with Crippen LogP contribution in [-0.2, 0) is 19.6 Å². The van der Waals surface area contributed by atoms with E-state index in [-0.39, 0.29) is 25.7 Å². The standard InChI is InChI=1S/C15H23N3O5S2/c19-10-8-17-15(21)14(20)16-7-6-12-4-1-2-9-18(12)25(22,23)13-5-3-11-24-13/h3,5,11-12,19H,1-2,4,6-10H2,(H,16,20)(H,17,21)/t12-/m0/s1. The zero-order valence-corrected chi connectivity index (χ0v) is 15.4. The minimum absolute atomic E-state index is 0.0156. The van der Waals surface area contributed by atoms with E-state index in [4.69, 9.17) is 5.11 Å². The van der Waals surface area contributed by atoms with E-state index in [1.54, 1.807) is 17.5 Å². The molecule has 3 N–H and O–H groups in total. The van der Waals surface area contributed by atoms with E-state index >= 15 is 0 Å². The summed E-state index contributed by atoms with van der Waals surface area (Å²) < 4.78 is 27.3. The third kappa shape index (κ3) is 5.24. The van der Waals surface area contributed by atoms with Crippen molar-refractivity contribution in [1.82, 2.24) is 14.9 Å². The Morgan fingerprint density at radius 3 is 2.60 bits per heavy atom. The molecule has 1 atom stereocenters. The number of piperidine rings is 1. The van der Waals surface area contributed by atoms with Crippen molar-refractivity contribution >= 4 is 33.2 Å². The van der Waals surface area contributed by atoms with Gasteiger partial charge >= 0.3 is 11.8 Å². The van der Waals surface area contributed by atoms with Gasteiger partial charge in [-0.3, -0.25) is 9.59 Å². The van der Waals surface area contributed by atoms with Gasteiger partial charge in [-0.05, 0) is 30.7 Å². The lowest BCUT2D eigenvalue weighted by Gasteiger charge is -2.34. The SMILES string of the molecule is O=C(NCCO)C(=O)NCC[C@@H]1CCCCN1S(=O)(=O)c1cccs1. The second kappa shape index (κ2) is 9.27. The number of amides is 2. The van der Waals surface area contributed by atoms with E-state index in [1.165, 1.54) is 15.6 Å². The maximum atomic E-state index is 12.7. The average molecular weight is 389 g/mol. The number of aliphatic hydroxyl groups excluding tert-OH is 1. The number of aliphatic hydroxyl groups is 1. The molecule has 0 unspecified atom stereocenters. The molecule has 8 nitrogen and oxygen atoms in total. The molecule has 2 rings (SSSR count). The first-order chi connectivity index (χ1) is 12.0. The summed E-state index contributed by atoms with van der Waals surface area (Å²) >= 11 is 1.19. The topological polar surface area (TPSA) is 116 Å². The van der Waals surface area contributed by atoms with Crippen LogP contribution in [-0.4, -0.2) is 61.9 Å². The first-order valence-corrected chi connectivity index (χ1v) is 10.5. The quantitative estimate of drug-likeness (QED) is 0.564. The zero-order valence-electron chi connectivity index (χ0n) is 13.8. The molecule has 0 aliphatic carbocycles. The fourth-order valence-corrected chi connectivity index (χ4v) is 5.63. The molecular weight excluding hydrogens is 366 g/mol. The van der Waals surface area contributed by atoms with E-state index in [9.17, 15) is 18.0 Å². The second-order valence-electron chi connectivity index (χ2n) is 5.72. The number of nitrogens with one attached hydrogen (secondary N) is 2. The first-order valence-electron chi connectivity index (χ1n) is 8.19. The van der Waals surface area contributed by atoms with Gasteiger partial charge in [0.15, 0.2) is 0 Å². The predicted octanol–water partition coefficient (Wildman–Crippen LogP) is -0.0939. The first kappa shape index (κ1) is 19.8. The molecule has 0 spiro atoms. The Morgan fingerprint density at radius 1 is 1.24 bits per heavy atom. The van der Waals surface area contributed by atoms with Gasteiger partial charge < -0.3 is 15.7 Å². The monoisotopic (exact) mass is 389 g/mol. The highest BCUT2D eigenvalue weighted by atomic mass is 32.2. The van der Waals surface area contributed by atoms with Crippen molar-refractivity contribution in [2.75, 3.05) is 26.2 Å². The van der Waals surface area contributed by atoms with Crippen molar-refractivity contribution in [3.05, 3.63) is 17.5 Å². The molecule has 25 heavy (non-hydrogen) atoms. The molecule has 1 aromatic heterocycles. The summed E-state index contributed by atoms with van der Waals surface area (Å²) in [4.78, 5) is 23.0. The second-order valence-corrected chi connectivity index (χ2v) is 8.79. The van der Waals surface area contributed by atoms with E-state index in [2.05, 4.69) is 10.6 Å². The molecule has 1 aliphatic rings. The van der Waals surface area contributed by atoms with Crippen LogP contribution in [0.25, 0.3) is 0 Å². The molecule has 2 amide bonds. The highest BCUT2D eigenvalue weighted by Crippen LogP contribution is 2.28. The molecule has 140 valence electrons. The molecule has 2 heterocycles. The molecule has 1 aliphatic heterocycles. The predicted molar refractivity (Wildman–Crippen MR) is 93.6 cm³/mol. The number of sulfonamides is 1. The van der Waals surface area contributed by atoms with E-state index in [1.807, 2.05) is 0 Å². The van der Waals surface area contributed by atoms with Gasteiger partial charge in [-0.25, -0.2) is 8.42 Å². The number of carbonyl (C=O) groups excluding carboxylic acids is 2. The van der Waals surface area contributed by atoms with Gasteiger partial charge in [0, 0.05) is 25.7 Å².